The number of hydrogen-bond donors (Lipinski definition) is 1. The first-order valence-corrected chi connectivity index (χ1v) is 5.96. The van der Waals surface area contributed by atoms with Crippen LogP contribution >= 0.6 is 0 Å². The summed E-state index contributed by atoms with van der Waals surface area (Å²) in [6, 6.07) is 0. The van der Waals surface area contributed by atoms with E-state index >= 15 is 0 Å². The van der Waals surface area contributed by atoms with Crippen LogP contribution in [0.3, 0.4) is 0 Å². The largest absolute Gasteiger partial charge is 0.335 e. The second-order valence-corrected chi connectivity index (χ2v) is 4.60. The fourth-order valence-corrected chi connectivity index (χ4v) is 2.58. The van der Waals surface area contributed by atoms with E-state index < -0.39 is 0 Å². The van der Waals surface area contributed by atoms with E-state index in [9.17, 15) is 0 Å². The predicted octanol–water partition coefficient (Wildman–Crippen LogP) is 2.23. The molecule has 3 nitrogen and oxygen atoms in total. The maximum Gasteiger partial charge on any atom is 0.112 e. The molecule has 0 unspecified atom stereocenters. The smallest absolute Gasteiger partial charge is 0.112 e. The van der Waals surface area contributed by atoms with Crippen molar-refractivity contribution in [2.75, 3.05) is 0 Å². The van der Waals surface area contributed by atoms with Gasteiger partial charge in [-0.15, -0.1) is 0 Å². The van der Waals surface area contributed by atoms with E-state index in [-0.39, 0.29) is 0 Å². The van der Waals surface area contributed by atoms with Gasteiger partial charge in [-0.25, -0.2) is 4.98 Å². The number of nitrogens with zero attached hydrogens (tertiary/aromatic N) is 2. The van der Waals surface area contributed by atoms with Gasteiger partial charge >= 0.3 is 0 Å². The van der Waals surface area contributed by atoms with Crippen LogP contribution < -0.4 is 5.73 Å². The summed E-state index contributed by atoms with van der Waals surface area (Å²) in [5, 5.41) is 0. The maximum atomic E-state index is 5.69. The predicted molar refractivity (Wildman–Crippen MR) is 61.7 cm³/mol. The Kier molecular flexibility index (Phi) is 3.10. The molecule has 0 atom stereocenters. The van der Waals surface area contributed by atoms with Crippen LogP contribution in [0, 0.1) is 6.92 Å². The molecule has 3 heteroatoms. The van der Waals surface area contributed by atoms with Gasteiger partial charge in [0.1, 0.15) is 5.82 Å². The number of imidazole rings is 1. The molecule has 0 aliphatic heterocycles. The number of rotatable bonds is 2. The highest BCUT2D eigenvalue weighted by Gasteiger charge is 2.21. The van der Waals surface area contributed by atoms with Crippen molar-refractivity contribution in [1.29, 1.82) is 0 Å². The van der Waals surface area contributed by atoms with E-state index in [1.54, 1.807) is 0 Å². The van der Waals surface area contributed by atoms with Gasteiger partial charge in [-0.2, -0.15) is 0 Å². The van der Waals surface area contributed by atoms with E-state index in [4.69, 9.17) is 5.73 Å². The molecule has 1 aliphatic carbocycles. The SMILES string of the molecule is Cc1c(CN)nc(C2CCCCC2)n1C. The Balaban J connectivity index is 2.26. The Bertz CT molecular complexity index is 335. The third-order valence-corrected chi connectivity index (χ3v) is 3.68. The van der Waals surface area contributed by atoms with Crippen molar-refractivity contribution >= 4 is 0 Å². The first-order chi connectivity index (χ1) is 7.24. The molecule has 84 valence electrons. The summed E-state index contributed by atoms with van der Waals surface area (Å²) in [6.07, 6.45) is 6.70. The van der Waals surface area contributed by atoms with Gasteiger partial charge in [0.05, 0.1) is 5.69 Å². The van der Waals surface area contributed by atoms with Gasteiger partial charge in [0.2, 0.25) is 0 Å². The highest BCUT2D eigenvalue weighted by Crippen LogP contribution is 2.32. The molecule has 1 aliphatic rings. The van der Waals surface area contributed by atoms with Gasteiger partial charge in [-0.3, -0.25) is 0 Å². The van der Waals surface area contributed by atoms with E-state index in [2.05, 4.69) is 23.5 Å². The summed E-state index contributed by atoms with van der Waals surface area (Å²) in [4.78, 5) is 4.69. The van der Waals surface area contributed by atoms with Crippen LogP contribution in [-0.4, -0.2) is 9.55 Å². The Hall–Kier alpha value is -0.830. The Morgan fingerprint density at radius 2 is 2.00 bits per heavy atom. The van der Waals surface area contributed by atoms with E-state index in [0.29, 0.717) is 12.5 Å². The molecule has 0 spiro atoms. The number of aromatic nitrogens is 2. The van der Waals surface area contributed by atoms with E-state index in [0.717, 1.165) is 5.69 Å². The standard InChI is InChI=1S/C12H21N3/c1-9-11(8-13)14-12(15(9)2)10-6-4-3-5-7-10/h10H,3-8,13H2,1-2H3. The minimum atomic E-state index is 0.562. The molecule has 1 heterocycles. The van der Waals surface area contributed by atoms with Crippen LogP contribution in [-0.2, 0) is 13.6 Å². The quantitative estimate of drug-likeness (QED) is 0.808. The molecule has 0 radical (unpaired) electrons. The average molecular weight is 207 g/mol. The highest BCUT2D eigenvalue weighted by atomic mass is 15.1. The fourth-order valence-electron chi connectivity index (χ4n) is 2.58. The Morgan fingerprint density at radius 3 is 2.53 bits per heavy atom. The van der Waals surface area contributed by atoms with Gasteiger partial charge in [0, 0.05) is 25.2 Å². The topological polar surface area (TPSA) is 43.8 Å². The fraction of sp³-hybridized carbons (Fsp3) is 0.750. The van der Waals surface area contributed by atoms with Crippen molar-refractivity contribution in [3.63, 3.8) is 0 Å². The van der Waals surface area contributed by atoms with Gasteiger partial charge in [0.15, 0.2) is 0 Å². The third kappa shape index (κ3) is 1.93. The maximum absolute atomic E-state index is 5.69. The van der Waals surface area contributed by atoms with Crippen molar-refractivity contribution < 1.29 is 0 Å². The highest BCUT2D eigenvalue weighted by molar-refractivity contribution is 5.17. The van der Waals surface area contributed by atoms with Gasteiger partial charge in [-0.1, -0.05) is 19.3 Å². The molecule has 1 aromatic rings. The van der Waals surface area contributed by atoms with Crippen LogP contribution in [0.2, 0.25) is 0 Å². The first kappa shape index (κ1) is 10.7. The first-order valence-electron chi connectivity index (χ1n) is 5.96. The average Bonchev–Trinajstić information content (AvgIpc) is 2.57. The molecule has 0 aromatic carbocycles. The molecule has 0 amide bonds. The minimum Gasteiger partial charge on any atom is -0.335 e. The van der Waals surface area contributed by atoms with Crippen molar-refractivity contribution in [2.24, 2.45) is 12.8 Å². The molecule has 1 aromatic heterocycles. The molecule has 1 fully saturated rings. The normalized spacial score (nSPS) is 18.3. The molecule has 0 bridgehead atoms. The van der Waals surface area contributed by atoms with Gasteiger partial charge < -0.3 is 10.3 Å². The zero-order valence-electron chi connectivity index (χ0n) is 9.79. The lowest BCUT2D eigenvalue weighted by atomic mass is 9.89. The van der Waals surface area contributed by atoms with Crippen LogP contribution in [0.4, 0.5) is 0 Å². The summed E-state index contributed by atoms with van der Waals surface area (Å²) in [5.74, 6) is 1.93. The van der Waals surface area contributed by atoms with Gasteiger partial charge in [-0.05, 0) is 19.8 Å². The summed E-state index contributed by atoms with van der Waals surface area (Å²) < 4.78 is 2.23. The number of nitrogens with two attached hydrogens (primary N) is 1. The zero-order chi connectivity index (χ0) is 10.8. The molecule has 2 N–H and O–H groups in total. The lowest BCUT2D eigenvalue weighted by Gasteiger charge is -2.21. The summed E-state index contributed by atoms with van der Waals surface area (Å²) in [6.45, 7) is 2.67. The zero-order valence-corrected chi connectivity index (χ0v) is 9.79. The second-order valence-electron chi connectivity index (χ2n) is 4.60. The van der Waals surface area contributed by atoms with Crippen molar-refractivity contribution in [1.82, 2.24) is 9.55 Å². The molecule has 2 rings (SSSR count). The van der Waals surface area contributed by atoms with E-state index in [1.807, 2.05) is 0 Å². The summed E-state index contributed by atoms with van der Waals surface area (Å²) in [5.41, 5.74) is 7.99. The monoisotopic (exact) mass is 207 g/mol. The van der Waals surface area contributed by atoms with E-state index in [1.165, 1.54) is 43.6 Å². The lowest BCUT2D eigenvalue weighted by molar-refractivity contribution is 0.420. The molecule has 1 saturated carbocycles. The van der Waals surface area contributed by atoms with Gasteiger partial charge in [0.25, 0.3) is 0 Å². The molecule has 15 heavy (non-hydrogen) atoms. The number of hydrogen-bond acceptors (Lipinski definition) is 2. The molecule has 0 saturated heterocycles. The molecular weight excluding hydrogens is 186 g/mol. The van der Waals surface area contributed by atoms with Crippen molar-refractivity contribution in [2.45, 2.75) is 51.5 Å². The van der Waals surface area contributed by atoms with Crippen LogP contribution in [0.1, 0.15) is 55.2 Å². The Labute approximate surface area is 91.7 Å². The lowest BCUT2D eigenvalue weighted by Crippen LogP contribution is -2.10. The van der Waals surface area contributed by atoms with Crippen LogP contribution in [0.25, 0.3) is 0 Å². The minimum absolute atomic E-state index is 0.562. The van der Waals surface area contributed by atoms with Crippen LogP contribution in [0.15, 0.2) is 0 Å². The third-order valence-electron chi connectivity index (χ3n) is 3.68. The summed E-state index contributed by atoms with van der Waals surface area (Å²) in [7, 11) is 2.12. The van der Waals surface area contributed by atoms with Crippen molar-refractivity contribution in [3.8, 4) is 0 Å². The second kappa shape index (κ2) is 4.35. The summed E-state index contributed by atoms with van der Waals surface area (Å²) >= 11 is 0. The Morgan fingerprint density at radius 1 is 1.33 bits per heavy atom. The molecular formula is C12H21N3. The van der Waals surface area contributed by atoms with Crippen LogP contribution in [0.5, 0.6) is 0 Å². The van der Waals surface area contributed by atoms with Crippen molar-refractivity contribution in [3.05, 3.63) is 17.2 Å².